The van der Waals surface area contributed by atoms with E-state index in [4.69, 9.17) is 0 Å². The molecule has 0 unspecified atom stereocenters. The number of nitrogens with one attached hydrogen (secondary N) is 1. The van der Waals surface area contributed by atoms with Crippen LogP contribution in [0.25, 0.3) is 10.8 Å². The maximum atomic E-state index is 13.3. The van der Waals surface area contributed by atoms with Crippen LogP contribution in [0.2, 0.25) is 0 Å². The van der Waals surface area contributed by atoms with Crippen LogP contribution in [0.15, 0.2) is 36.4 Å². The number of piperidine rings is 1. The molecular formula is C26H31F2N5. The van der Waals surface area contributed by atoms with Crippen molar-refractivity contribution in [1.29, 1.82) is 0 Å². The number of benzene rings is 2. The van der Waals surface area contributed by atoms with Crippen LogP contribution >= 0.6 is 0 Å². The van der Waals surface area contributed by atoms with Gasteiger partial charge in [0.25, 0.3) is 6.43 Å². The van der Waals surface area contributed by atoms with Crippen LogP contribution in [0.3, 0.4) is 0 Å². The van der Waals surface area contributed by atoms with Gasteiger partial charge in [-0.15, -0.1) is 5.10 Å². The lowest BCUT2D eigenvalue weighted by atomic mass is 9.99. The van der Waals surface area contributed by atoms with Crippen LogP contribution in [-0.2, 0) is 6.54 Å². The summed E-state index contributed by atoms with van der Waals surface area (Å²) in [7, 11) is 0. The first-order valence-electron chi connectivity index (χ1n) is 11.9. The maximum Gasteiger partial charge on any atom is 0.264 e. The van der Waals surface area contributed by atoms with Crippen molar-refractivity contribution in [2.45, 2.75) is 52.1 Å². The SMILES string of the molecule is Cc1c(CNc2nnc(C)c3ccc(N4CCC(N5CCC5)CC4)cc23)cccc1C(F)F. The molecule has 0 atom stereocenters. The van der Waals surface area contributed by atoms with Crippen LogP contribution in [0, 0.1) is 13.8 Å². The molecule has 5 nitrogen and oxygen atoms in total. The summed E-state index contributed by atoms with van der Waals surface area (Å²) in [4.78, 5) is 5.08. The summed E-state index contributed by atoms with van der Waals surface area (Å²) in [6.07, 6.45) is 1.28. The molecule has 1 aromatic heterocycles. The summed E-state index contributed by atoms with van der Waals surface area (Å²) in [6, 6.07) is 12.3. The minimum Gasteiger partial charge on any atom is -0.371 e. The number of anilines is 2. The van der Waals surface area contributed by atoms with E-state index in [0.717, 1.165) is 41.2 Å². The maximum absolute atomic E-state index is 13.3. The molecule has 0 saturated carbocycles. The number of hydrogen-bond donors (Lipinski definition) is 1. The number of fused-ring (bicyclic) bond motifs is 1. The van der Waals surface area contributed by atoms with E-state index in [1.807, 2.05) is 13.0 Å². The quantitative estimate of drug-likeness (QED) is 0.538. The van der Waals surface area contributed by atoms with Gasteiger partial charge in [0, 0.05) is 47.7 Å². The van der Waals surface area contributed by atoms with Crippen molar-refractivity contribution in [2.24, 2.45) is 0 Å². The van der Waals surface area contributed by atoms with Gasteiger partial charge < -0.3 is 15.1 Å². The van der Waals surface area contributed by atoms with Gasteiger partial charge in [-0.25, -0.2) is 8.78 Å². The summed E-state index contributed by atoms with van der Waals surface area (Å²) in [5, 5.41) is 14.2. The lowest BCUT2D eigenvalue weighted by Crippen LogP contribution is -2.50. The molecule has 174 valence electrons. The lowest BCUT2D eigenvalue weighted by molar-refractivity contribution is 0.100. The highest BCUT2D eigenvalue weighted by Gasteiger charge is 2.28. The molecule has 5 rings (SSSR count). The van der Waals surface area contributed by atoms with Crippen molar-refractivity contribution in [3.8, 4) is 0 Å². The van der Waals surface area contributed by atoms with Crippen molar-refractivity contribution < 1.29 is 8.78 Å². The van der Waals surface area contributed by atoms with Gasteiger partial charge in [0.05, 0.1) is 5.69 Å². The van der Waals surface area contributed by atoms with Crippen molar-refractivity contribution in [1.82, 2.24) is 15.1 Å². The molecule has 2 aromatic carbocycles. The molecule has 2 aliphatic heterocycles. The molecule has 0 bridgehead atoms. The Morgan fingerprint density at radius 3 is 2.48 bits per heavy atom. The highest BCUT2D eigenvalue weighted by atomic mass is 19.3. The predicted octanol–water partition coefficient (Wildman–Crippen LogP) is 5.47. The zero-order chi connectivity index (χ0) is 22.9. The molecule has 2 fully saturated rings. The van der Waals surface area contributed by atoms with E-state index in [1.54, 1.807) is 13.0 Å². The largest absolute Gasteiger partial charge is 0.371 e. The van der Waals surface area contributed by atoms with E-state index in [2.05, 4.69) is 43.5 Å². The van der Waals surface area contributed by atoms with Gasteiger partial charge in [0.2, 0.25) is 0 Å². The van der Waals surface area contributed by atoms with Crippen LogP contribution in [0.4, 0.5) is 20.3 Å². The summed E-state index contributed by atoms with van der Waals surface area (Å²) >= 11 is 0. The molecule has 0 aliphatic carbocycles. The predicted molar refractivity (Wildman–Crippen MR) is 129 cm³/mol. The third-order valence-corrected chi connectivity index (χ3v) is 7.35. The fourth-order valence-corrected chi connectivity index (χ4v) is 5.11. The Balaban J connectivity index is 1.37. The average molecular weight is 452 g/mol. The van der Waals surface area contributed by atoms with E-state index in [-0.39, 0.29) is 5.56 Å². The van der Waals surface area contributed by atoms with Crippen LogP contribution < -0.4 is 10.2 Å². The Bertz CT molecular complexity index is 1140. The molecule has 0 radical (unpaired) electrons. The number of rotatable bonds is 6. The summed E-state index contributed by atoms with van der Waals surface area (Å²) in [6.45, 7) is 8.78. The van der Waals surface area contributed by atoms with Gasteiger partial charge in [-0.3, -0.25) is 0 Å². The molecule has 3 aromatic rings. The minimum absolute atomic E-state index is 0.0815. The third kappa shape index (κ3) is 4.38. The summed E-state index contributed by atoms with van der Waals surface area (Å²) in [5.41, 5.74) is 3.63. The van der Waals surface area contributed by atoms with E-state index >= 15 is 0 Å². The second-order valence-electron chi connectivity index (χ2n) is 9.26. The zero-order valence-corrected chi connectivity index (χ0v) is 19.3. The molecule has 2 aliphatic rings. The molecule has 33 heavy (non-hydrogen) atoms. The van der Waals surface area contributed by atoms with Gasteiger partial charge in [-0.2, -0.15) is 5.10 Å². The minimum atomic E-state index is -2.47. The highest BCUT2D eigenvalue weighted by molar-refractivity contribution is 5.95. The first kappa shape index (κ1) is 22.0. The zero-order valence-electron chi connectivity index (χ0n) is 19.3. The smallest absolute Gasteiger partial charge is 0.264 e. The number of hydrogen-bond acceptors (Lipinski definition) is 5. The number of nitrogens with zero attached hydrogens (tertiary/aromatic N) is 4. The Morgan fingerprint density at radius 1 is 1.00 bits per heavy atom. The van der Waals surface area contributed by atoms with Gasteiger partial charge in [0.15, 0.2) is 5.82 Å². The molecule has 2 saturated heterocycles. The lowest BCUT2D eigenvalue weighted by Gasteiger charge is -2.43. The van der Waals surface area contributed by atoms with Gasteiger partial charge in [-0.05, 0) is 69.5 Å². The molecule has 3 heterocycles. The topological polar surface area (TPSA) is 44.3 Å². The molecule has 0 amide bonds. The number of aromatic nitrogens is 2. The van der Waals surface area contributed by atoms with Gasteiger partial charge >= 0.3 is 0 Å². The Kier molecular flexibility index (Phi) is 6.15. The average Bonchev–Trinajstić information content (AvgIpc) is 2.78. The Labute approximate surface area is 193 Å². The Morgan fingerprint density at radius 2 is 1.79 bits per heavy atom. The van der Waals surface area contributed by atoms with E-state index in [1.165, 1.54) is 44.1 Å². The van der Waals surface area contributed by atoms with E-state index in [0.29, 0.717) is 17.9 Å². The first-order valence-corrected chi connectivity index (χ1v) is 11.9. The number of alkyl halides is 2. The number of halogens is 2. The van der Waals surface area contributed by atoms with E-state index < -0.39 is 6.43 Å². The first-order chi connectivity index (χ1) is 16.0. The van der Waals surface area contributed by atoms with Crippen LogP contribution in [0.1, 0.15) is 48.1 Å². The number of likely N-dealkylation sites (tertiary alicyclic amines) is 1. The van der Waals surface area contributed by atoms with E-state index in [9.17, 15) is 8.78 Å². The molecular weight excluding hydrogens is 420 g/mol. The summed E-state index contributed by atoms with van der Waals surface area (Å²) in [5.74, 6) is 0.690. The fraction of sp³-hybridized carbons (Fsp3) is 0.462. The van der Waals surface area contributed by atoms with Crippen molar-refractivity contribution in [3.05, 3.63) is 58.8 Å². The van der Waals surface area contributed by atoms with Crippen LogP contribution in [0.5, 0.6) is 0 Å². The van der Waals surface area contributed by atoms with Crippen molar-refractivity contribution in [2.75, 3.05) is 36.4 Å². The summed E-state index contributed by atoms with van der Waals surface area (Å²) < 4.78 is 26.6. The van der Waals surface area contributed by atoms with Gasteiger partial charge in [-0.1, -0.05) is 24.3 Å². The third-order valence-electron chi connectivity index (χ3n) is 7.35. The number of aryl methyl sites for hydroxylation is 1. The van der Waals surface area contributed by atoms with Crippen LogP contribution in [-0.4, -0.2) is 47.3 Å². The van der Waals surface area contributed by atoms with Crippen molar-refractivity contribution in [3.63, 3.8) is 0 Å². The molecule has 0 spiro atoms. The normalized spacial score (nSPS) is 17.5. The standard InChI is InChI=1S/C26H31F2N5/c1-17-19(5-3-6-22(17)25(27)28)16-29-26-24-15-21(7-8-23(24)18(2)30-31-26)33-13-9-20(10-14-33)32-11-4-12-32/h3,5-8,15,20,25H,4,9-14,16H2,1-2H3,(H,29,31). The molecule has 1 N–H and O–H groups in total. The van der Waals surface area contributed by atoms with Gasteiger partial charge in [0.1, 0.15) is 0 Å². The Hall–Kier alpha value is -2.80. The molecule has 7 heteroatoms. The fourth-order valence-electron chi connectivity index (χ4n) is 5.11. The second-order valence-corrected chi connectivity index (χ2v) is 9.26. The monoisotopic (exact) mass is 451 g/mol. The highest BCUT2D eigenvalue weighted by Crippen LogP contribution is 2.31. The second kappa shape index (κ2) is 9.21. The van der Waals surface area contributed by atoms with Crippen molar-refractivity contribution >= 4 is 22.3 Å².